The van der Waals surface area contributed by atoms with E-state index in [1.165, 1.54) is 6.07 Å². The molecule has 0 aliphatic rings. The van der Waals surface area contributed by atoms with E-state index < -0.39 is 5.97 Å². The zero-order valence-corrected chi connectivity index (χ0v) is 13.4. The maximum atomic E-state index is 12.0. The molecule has 1 unspecified atom stereocenters. The lowest BCUT2D eigenvalue weighted by molar-refractivity contribution is 0.0696. The number of anilines is 1. The lowest BCUT2D eigenvalue weighted by atomic mass is 10.1. The maximum Gasteiger partial charge on any atom is 0.336 e. The van der Waals surface area contributed by atoms with Crippen molar-refractivity contribution in [1.29, 1.82) is 0 Å². The van der Waals surface area contributed by atoms with Gasteiger partial charge in [-0.15, -0.1) is 0 Å². The van der Waals surface area contributed by atoms with Crippen molar-refractivity contribution in [3.05, 3.63) is 28.2 Å². The minimum absolute atomic E-state index is 0.118. The Hall–Kier alpha value is -1.56. The van der Waals surface area contributed by atoms with Crippen LogP contribution in [0.5, 0.6) is 0 Å². The first kappa shape index (κ1) is 16.5. The Balaban J connectivity index is 2.76. The number of nitrogens with one attached hydrogen (secondary N) is 1. The van der Waals surface area contributed by atoms with Crippen molar-refractivity contribution in [3.63, 3.8) is 0 Å². The molecule has 1 aromatic rings. The molecule has 1 aromatic carbocycles. The Morgan fingerprint density at radius 1 is 1.45 bits per heavy atom. The predicted molar refractivity (Wildman–Crippen MR) is 82.2 cm³/mol. The van der Waals surface area contributed by atoms with Gasteiger partial charge in [0.2, 0.25) is 0 Å². The van der Waals surface area contributed by atoms with Crippen LogP contribution < -0.4 is 5.32 Å². The van der Waals surface area contributed by atoms with Crippen molar-refractivity contribution in [3.8, 4) is 0 Å². The third-order valence-corrected chi connectivity index (χ3v) is 3.77. The molecule has 0 aromatic heterocycles. The SMILES string of the molecule is CCC(C)CN(C)C(=O)Nc1ccc(Br)c(C(=O)O)c1. The van der Waals surface area contributed by atoms with Crippen LogP contribution in [-0.4, -0.2) is 35.6 Å². The van der Waals surface area contributed by atoms with Gasteiger partial charge in [0.25, 0.3) is 0 Å². The van der Waals surface area contributed by atoms with E-state index in [1.807, 2.05) is 0 Å². The van der Waals surface area contributed by atoms with Crippen LogP contribution in [0.2, 0.25) is 0 Å². The first-order valence-corrected chi connectivity index (χ1v) is 7.19. The molecule has 20 heavy (non-hydrogen) atoms. The van der Waals surface area contributed by atoms with Gasteiger partial charge < -0.3 is 15.3 Å². The highest BCUT2D eigenvalue weighted by atomic mass is 79.9. The predicted octanol–water partition coefficient (Wildman–Crippen LogP) is 3.66. The van der Waals surface area contributed by atoms with Crippen LogP contribution in [0, 0.1) is 5.92 Å². The molecule has 110 valence electrons. The molecule has 2 N–H and O–H groups in total. The lowest BCUT2D eigenvalue weighted by Crippen LogP contribution is -2.34. The molecule has 6 heteroatoms. The Labute approximate surface area is 127 Å². The topological polar surface area (TPSA) is 69.6 Å². The molecular formula is C14H19BrN2O3. The van der Waals surface area contributed by atoms with Gasteiger partial charge >= 0.3 is 12.0 Å². The number of rotatable bonds is 5. The summed E-state index contributed by atoms with van der Waals surface area (Å²) in [5.74, 6) is -0.619. The largest absolute Gasteiger partial charge is 0.478 e. The summed E-state index contributed by atoms with van der Waals surface area (Å²) in [6, 6.07) is 4.45. The Kier molecular flexibility index (Phi) is 6.01. The number of amides is 2. The molecule has 0 radical (unpaired) electrons. The number of urea groups is 1. The van der Waals surface area contributed by atoms with Crippen LogP contribution in [0.25, 0.3) is 0 Å². The van der Waals surface area contributed by atoms with Crippen molar-refractivity contribution < 1.29 is 14.7 Å². The molecule has 0 spiro atoms. The Morgan fingerprint density at radius 2 is 2.10 bits per heavy atom. The number of aromatic carboxylic acids is 1. The second-order valence-electron chi connectivity index (χ2n) is 4.82. The summed E-state index contributed by atoms with van der Waals surface area (Å²) in [7, 11) is 1.72. The number of carboxylic acids is 1. The zero-order valence-electron chi connectivity index (χ0n) is 11.8. The van der Waals surface area contributed by atoms with Gasteiger partial charge in [0.15, 0.2) is 0 Å². The van der Waals surface area contributed by atoms with Crippen molar-refractivity contribution in [1.82, 2.24) is 4.90 Å². The molecule has 0 aliphatic heterocycles. The van der Waals surface area contributed by atoms with E-state index >= 15 is 0 Å². The Bertz CT molecular complexity index is 505. The molecule has 0 aliphatic carbocycles. The average molecular weight is 343 g/mol. The fraction of sp³-hybridized carbons (Fsp3) is 0.429. The van der Waals surface area contributed by atoms with Crippen LogP contribution in [0.4, 0.5) is 10.5 Å². The highest BCUT2D eigenvalue weighted by molar-refractivity contribution is 9.10. The van der Waals surface area contributed by atoms with E-state index in [4.69, 9.17) is 5.11 Å². The van der Waals surface area contributed by atoms with Crippen LogP contribution in [0.15, 0.2) is 22.7 Å². The van der Waals surface area contributed by atoms with Gasteiger partial charge in [0.05, 0.1) is 5.56 Å². The smallest absolute Gasteiger partial charge is 0.336 e. The summed E-state index contributed by atoms with van der Waals surface area (Å²) >= 11 is 3.16. The number of halogens is 1. The van der Waals surface area contributed by atoms with Crippen molar-refractivity contribution in [2.24, 2.45) is 5.92 Å². The van der Waals surface area contributed by atoms with Gasteiger partial charge in [-0.25, -0.2) is 9.59 Å². The number of nitrogens with zero attached hydrogens (tertiary/aromatic N) is 1. The molecule has 0 heterocycles. The van der Waals surface area contributed by atoms with Gasteiger partial charge in [-0.3, -0.25) is 0 Å². The lowest BCUT2D eigenvalue weighted by Gasteiger charge is -2.21. The summed E-state index contributed by atoms with van der Waals surface area (Å²) in [5, 5.41) is 11.7. The minimum atomic E-state index is -1.04. The minimum Gasteiger partial charge on any atom is -0.478 e. The molecule has 0 saturated carbocycles. The summed E-state index contributed by atoms with van der Waals surface area (Å²) < 4.78 is 0.482. The number of benzene rings is 1. The summed E-state index contributed by atoms with van der Waals surface area (Å²) in [5.41, 5.74) is 0.582. The summed E-state index contributed by atoms with van der Waals surface area (Å²) in [6.07, 6.45) is 0.999. The van der Waals surface area contributed by atoms with Crippen molar-refractivity contribution >= 4 is 33.6 Å². The summed E-state index contributed by atoms with van der Waals surface area (Å²) in [4.78, 5) is 24.6. The van der Waals surface area contributed by atoms with Crippen LogP contribution in [0.3, 0.4) is 0 Å². The van der Waals surface area contributed by atoms with Gasteiger partial charge in [-0.2, -0.15) is 0 Å². The molecule has 5 nitrogen and oxygen atoms in total. The Morgan fingerprint density at radius 3 is 2.65 bits per heavy atom. The maximum absolute atomic E-state index is 12.0. The second kappa shape index (κ2) is 7.28. The average Bonchev–Trinajstić information content (AvgIpc) is 2.40. The first-order valence-electron chi connectivity index (χ1n) is 6.40. The third-order valence-electron chi connectivity index (χ3n) is 3.08. The van der Waals surface area contributed by atoms with Gasteiger partial charge in [0, 0.05) is 23.8 Å². The molecular weight excluding hydrogens is 324 g/mol. The normalized spacial score (nSPS) is 11.8. The number of hydrogen-bond donors (Lipinski definition) is 2. The van der Waals surface area contributed by atoms with E-state index in [0.29, 0.717) is 22.6 Å². The van der Waals surface area contributed by atoms with E-state index in [1.54, 1.807) is 24.1 Å². The second-order valence-corrected chi connectivity index (χ2v) is 5.68. The molecule has 1 atom stereocenters. The van der Waals surface area contributed by atoms with Crippen LogP contribution in [0.1, 0.15) is 30.6 Å². The third kappa shape index (κ3) is 4.52. The number of carbonyl (C=O) groups is 2. The molecule has 0 saturated heterocycles. The van der Waals surface area contributed by atoms with E-state index in [0.717, 1.165) is 6.42 Å². The molecule has 0 bridgehead atoms. The van der Waals surface area contributed by atoms with Gasteiger partial charge in [-0.05, 0) is 40.0 Å². The van der Waals surface area contributed by atoms with E-state index in [-0.39, 0.29) is 11.6 Å². The fourth-order valence-corrected chi connectivity index (χ4v) is 2.08. The highest BCUT2D eigenvalue weighted by Crippen LogP contribution is 2.21. The quantitative estimate of drug-likeness (QED) is 0.857. The van der Waals surface area contributed by atoms with E-state index in [9.17, 15) is 9.59 Å². The molecule has 0 fully saturated rings. The van der Waals surface area contributed by atoms with Gasteiger partial charge in [-0.1, -0.05) is 20.3 Å². The summed E-state index contributed by atoms with van der Waals surface area (Å²) in [6.45, 7) is 4.81. The number of hydrogen-bond acceptors (Lipinski definition) is 2. The highest BCUT2D eigenvalue weighted by Gasteiger charge is 2.14. The first-order chi connectivity index (χ1) is 9.35. The standard InChI is InChI=1S/C14H19BrN2O3/c1-4-9(2)8-17(3)14(20)16-10-5-6-12(15)11(7-10)13(18)19/h5-7,9H,4,8H2,1-3H3,(H,16,20)(H,18,19). The van der Waals surface area contributed by atoms with Gasteiger partial charge in [0.1, 0.15) is 0 Å². The number of carbonyl (C=O) groups excluding carboxylic acids is 1. The van der Waals surface area contributed by atoms with Crippen molar-refractivity contribution in [2.45, 2.75) is 20.3 Å². The zero-order chi connectivity index (χ0) is 15.3. The molecule has 2 amide bonds. The van der Waals surface area contributed by atoms with Crippen molar-refractivity contribution in [2.75, 3.05) is 18.9 Å². The van der Waals surface area contributed by atoms with Crippen LogP contribution >= 0.6 is 15.9 Å². The monoisotopic (exact) mass is 342 g/mol. The number of carboxylic acid groups (broad SMARTS) is 1. The molecule has 1 rings (SSSR count). The van der Waals surface area contributed by atoms with E-state index in [2.05, 4.69) is 35.1 Å². The van der Waals surface area contributed by atoms with Crippen LogP contribution in [-0.2, 0) is 0 Å². The fourth-order valence-electron chi connectivity index (χ4n) is 1.67.